The minimum Gasteiger partial charge on any atom is -0.464 e. The van der Waals surface area contributed by atoms with Crippen LogP contribution >= 0.6 is 0 Å². The van der Waals surface area contributed by atoms with Crippen LogP contribution in [0.25, 0.3) is 0 Å². The maximum absolute atomic E-state index is 13.6. The third-order valence-corrected chi connectivity index (χ3v) is 6.54. The molecule has 1 aliphatic carbocycles. The largest absolute Gasteiger partial charge is 0.464 e. The lowest BCUT2D eigenvalue weighted by atomic mass is 10.0. The summed E-state index contributed by atoms with van der Waals surface area (Å²) in [5.41, 5.74) is -1.96. The number of nitrogens with one attached hydrogen (secondary N) is 2. The predicted octanol–water partition coefficient (Wildman–Crippen LogP) is 2.60. The van der Waals surface area contributed by atoms with Gasteiger partial charge in [0.05, 0.1) is 12.7 Å². The van der Waals surface area contributed by atoms with Gasteiger partial charge in [0.1, 0.15) is 23.2 Å². The summed E-state index contributed by atoms with van der Waals surface area (Å²) in [5, 5.41) is 15.8. The maximum Gasteiger partial charge on any atom is 0.408 e. The second kappa shape index (κ2) is 13.1. The van der Waals surface area contributed by atoms with Gasteiger partial charge in [0.25, 0.3) is 0 Å². The first kappa shape index (κ1) is 30.3. The lowest BCUT2D eigenvalue weighted by molar-refractivity contribution is -0.150. The van der Waals surface area contributed by atoms with E-state index in [1.165, 1.54) is 4.90 Å². The number of likely N-dealkylation sites (tertiary alicyclic amines) is 1. The van der Waals surface area contributed by atoms with Crippen LogP contribution in [0.15, 0.2) is 25.3 Å². The molecule has 0 aromatic rings. The van der Waals surface area contributed by atoms with Gasteiger partial charge in [-0.2, -0.15) is 0 Å². The van der Waals surface area contributed by atoms with Gasteiger partial charge in [0, 0.05) is 18.9 Å². The first-order valence-electron chi connectivity index (χ1n) is 13.1. The number of unbranched alkanes of at least 4 members (excludes halogenated alkanes) is 3. The minimum absolute atomic E-state index is 0.0216. The van der Waals surface area contributed by atoms with E-state index in [2.05, 4.69) is 23.8 Å². The van der Waals surface area contributed by atoms with Crippen molar-refractivity contribution in [2.75, 3.05) is 13.2 Å². The lowest BCUT2D eigenvalue weighted by Gasteiger charge is -2.30. The van der Waals surface area contributed by atoms with Crippen LogP contribution in [0.1, 0.15) is 72.6 Å². The fourth-order valence-corrected chi connectivity index (χ4v) is 4.59. The molecule has 10 nitrogen and oxygen atoms in total. The Morgan fingerprint density at radius 3 is 2.46 bits per heavy atom. The summed E-state index contributed by atoms with van der Waals surface area (Å²) in [6.07, 6.45) is 5.77. The summed E-state index contributed by atoms with van der Waals surface area (Å²) in [6.45, 7) is 14.4. The van der Waals surface area contributed by atoms with Crippen LogP contribution in [0.5, 0.6) is 0 Å². The van der Waals surface area contributed by atoms with Crippen LogP contribution in [0.3, 0.4) is 0 Å². The summed E-state index contributed by atoms with van der Waals surface area (Å²) in [5.74, 6) is -1.85. The highest BCUT2D eigenvalue weighted by Gasteiger charge is 2.62. The molecule has 2 aliphatic rings. The standard InChI is InChI=1S/C27H43N3O7/c1-7-10-11-12-13-14-20(28-25(35)37-26(4,5)6)23(33)30-17-19(31)15-21(30)22(32)29-27(16-18(27)8-2)24(34)36-9-3/h7-8,18-21,31H,1-2,9-17H2,3-6H3,(H,28,35)(H,29,32)/t18-,19-,20?,21?,27?/m1/s1. The molecule has 0 aromatic carbocycles. The lowest BCUT2D eigenvalue weighted by Crippen LogP contribution is -2.56. The van der Waals surface area contributed by atoms with Crippen molar-refractivity contribution < 1.29 is 33.8 Å². The molecular weight excluding hydrogens is 478 g/mol. The molecule has 1 saturated heterocycles. The first-order chi connectivity index (χ1) is 17.4. The zero-order valence-electron chi connectivity index (χ0n) is 22.6. The molecule has 3 amide bonds. The number of nitrogens with zero attached hydrogens (tertiary/aromatic N) is 1. The first-order valence-corrected chi connectivity index (χ1v) is 13.1. The van der Waals surface area contributed by atoms with E-state index in [0.717, 1.165) is 19.3 Å². The van der Waals surface area contributed by atoms with Crippen molar-refractivity contribution in [1.82, 2.24) is 15.5 Å². The second-order valence-corrected chi connectivity index (χ2v) is 10.7. The predicted molar refractivity (Wildman–Crippen MR) is 138 cm³/mol. The van der Waals surface area contributed by atoms with Gasteiger partial charge >= 0.3 is 12.1 Å². The van der Waals surface area contributed by atoms with Crippen LogP contribution in [-0.2, 0) is 23.9 Å². The van der Waals surface area contributed by atoms with Crippen molar-refractivity contribution >= 4 is 23.9 Å². The molecule has 2 rings (SSSR count). The van der Waals surface area contributed by atoms with E-state index in [0.29, 0.717) is 19.3 Å². The molecule has 5 atom stereocenters. The van der Waals surface area contributed by atoms with E-state index >= 15 is 0 Å². The van der Waals surface area contributed by atoms with Gasteiger partial charge in [-0.25, -0.2) is 9.59 Å². The molecule has 2 fully saturated rings. The van der Waals surface area contributed by atoms with E-state index in [4.69, 9.17) is 9.47 Å². The number of amides is 3. The second-order valence-electron chi connectivity index (χ2n) is 10.7. The minimum atomic E-state index is -1.21. The Kier molecular flexibility index (Phi) is 10.7. The Bertz CT molecular complexity index is 869. The number of allylic oxidation sites excluding steroid dienone is 1. The molecule has 3 unspecified atom stereocenters. The summed E-state index contributed by atoms with van der Waals surface area (Å²) in [6, 6.07) is -1.93. The van der Waals surface area contributed by atoms with Gasteiger partial charge in [-0.1, -0.05) is 25.0 Å². The van der Waals surface area contributed by atoms with Crippen molar-refractivity contribution in [3.63, 3.8) is 0 Å². The Hall–Kier alpha value is -2.88. The number of aliphatic hydroxyl groups excluding tert-OH is 1. The van der Waals surface area contributed by atoms with Crippen molar-refractivity contribution in [3.05, 3.63) is 25.3 Å². The number of hydrogen-bond acceptors (Lipinski definition) is 7. The topological polar surface area (TPSA) is 134 Å². The van der Waals surface area contributed by atoms with Crippen molar-refractivity contribution in [1.29, 1.82) is 0 Å². The average molecular weight is 522 g/mol. The fraction of sp³-hybridized carbons (Fsp3) is 0.704. The summed E-state index contributed by atoms with van der Waals surface area (Å²) < 4.78 is 10.5. The van der Waals surface area contributed by atoms with E-state index in [1.807, 2.05) is 6.08 Å². The molecular formula is C27H43N3O7. The molecule has 10 heteroatoms. The van der Waals surface area contributed by atoms with Crippen molar-refractivity contribution in [2.24, 2.45) is 5.92 Å². The van der Waals surface area contributed by atoms with Crippen LogP contribution in [-0.4, -0.2) is 76.4 Å². The molecule has 1 saturated carbocycles. The van der Waals surface area contributed by atoms with Gasteiger partial charge in [0.15, 0.2) is 0 Å². The van der Waals surface area contributed by atoms with Crippen molar-refractivity contribution in [2.45, 2.75) is 102 Å². The monoisotopic (exact) mass is 521 g/mol. The molecule has 0 bridgehead atoms. The number of hydrogen-bond donors (Lipinski definition) is 3. The number of ether oxygens (including phenoxy) is 2. The molecule has 0 radical (unpaired) electrons. The number of rotatable bonds is 13. The van der Waals surface area contributed by atoms with E-state index < -0.39 is 53.2 Å². The van der Waals surface area contributed by atoms with Gasteiger partial charge < -0.3 is 30.1 Å². The Morgan fingerprint density at radius 1 is 1.19 bits per heavy atom. The van der Waals surface area contributed by atoms with Gasteiger partial charge in [0.2, 0.25) is 11.8 Å². The van der Waals surface area contributed by atoms with E-state index in [9.17, 15) is 24.3 Å². The smallest absolute Gasteiger partial charge is 0.408 e. The number of β-amino-alcohol motifs (C(OH)–C–C–N with tert-alkyl or cyclic N) is 1. The Morgan fingerprint density at radius 2 is 1.89 bits per heavy atom. The summed E-state index contributed by atoms with van der Waals surface area (Å²) >= 11 is 0. The zero-order valence-corrected chi connectivity index (χ0v) is 22.6. The van der Waals surface area contributed by atoms with Gasteiger partial charge in [-0.3, -0.25) is 9.59 Å². The van der Waals surface area contributed by atoms with Gasteiger partial charge in [-0.05, 0) is 53.4 Å². The molecule has 3 N–H and O–H groups in total. The third-order valence-electron chi connectivity index (χ3n) is 6.54. The molecule has 0 spiro atoms. The molecule has 1 aliphatic heterocycles. The highest BCUT2D eigenvalue weighted by molar-refractivity contribution is 5.96. The summed E-state index contributed by atoms with van der Waals surface area (Å²) in [7, 11) is 0. The number of carbonyl (C=O) groups excluding carboxylic acids is 4. The third kappa shape index (κ3) is 8.31. The molecule has 37 heavy (non-hydrogen) atoms. The van der Waals surface area contributed by atoms with E-state index in [1.54, 1.807) is 33.8 Å². The number of esters is 1. The highest BCUT2D eigenvalue weighted by Crippen LogP contribution is 2.45. The van der Waals surface area contributed by atoms with Crippen molar-refractivity contribution in [3.8, 4) is 0 Å². The van der Waals surface area contributed by atoms with Gasteiger partial charge in [-0.15, -0.1) is 13.2 Å². The number of carbonyl (C=O) groups is 4. The number of alkyl carbamates (subject to hydrolysis) is 1. The van der Waals surface area contributed by atoms with Crippen LogP contribution in [0.4, 0.5) is 4.79 Å². The fourth-order valence-electron chi connectivity index (χ4n) is 4.59. The van der Waals surface area contributed by atoms with Crippen LogP contribution in [0.2, 0.25) is 0 Å². The molecule has 1 heterocycles. The number of aliphatic hydroxyl groups is 1. The van der Waals surface area contributed by atoms with Crippen LogP contribution in [0, 0.1) is 5.92 Å². The Labute approximate surface area is 219 Å². The zero-order chi connectivity index (χ0) is 27.8. The quantitative estimate of drug-likeness (QED) is 0.193. The maximum atomic E-state index is 13.6. The highest BCUT2D eigenvalue weighted by atomic mass is 16.6. The van der Waals surface area contributed by atoms with E-state index in [-0.39, 0.29) is 25.5 Å². The Balaban J connectivity index is 2.17. The average Bonchev–Trinajstić information content (AvgIpc) is 3.39. The van der Waals surface area contributed by atoms with Crippen LogP contribution < -0.4 is 10.6 Å². The summed E-state index contributed by atoms with van der Waals surface area (Å²) in [4.78, 5) is 53.3. The normalized spacial score (nSPS) is 25.5. The molecule has 0 aromatic heterocycles. The molecule has 208 valence electrons. The SMILES string of the molecule is C=CCCCCCC(NC(=O)OC(C)(C)C)C(=O)N1C[C@H](O)CC1C(=O)NC1(C(=O)OCC)C[C@H]1C=C.